The van der Waals surface area contributed by atoms with Crippen LogP contribution in [0.5, 0.6) is 17.2 Å². The highest BCUT2D eigenvalue weighted by Crippen LogP contribution is 2.27. The Bertz CT molecular complexity index is 450. The minimum absolute atomic E-state index is 0.131. The SMILES string of the molecule is COc1cc(OC)cc(OCCC(=O)N2CCNCC2)c1. The molecule has 0 spiro atoms. The van der Waals surface area contributed by atoms with Crippen molar-refractivity contribution in [1.82, 2.24) is 10.2 Å². The summed E-state index contributed by atoms with van der Waals surface area (Å²) in [4.78, 5) is 13.9. The van der Waals surface area contributed by atoms with Crippen LogP contribution in [-0.2, 0) is 4.79 Å². The Hall–Kier alpha value is -1.95. The highest BCUT2D eigenvalue weighted by Gasteiger charge is 2.15. The second kappa shape index (κ2) is 7.73. The summed E-state index contributed by atoms with van der Waals surface area (Å²) in [5.74, 6) is 2.10. The average Bonchev–Trinajstić information content (AvgIpc) is 2.55. The van der Waals surface area contributed by atoms with Gasteiger partial charge in [0.1, 0.15) is 17.2 Å². The van der Waals surface area contributed by atoms with Crippen LogP contribution in [0.1, 0.15) is 6.42 Å². The first kappa shape index (κ1) is 15.4. The highest BCUT2D eigenvalue weighted by molar-refractivity contribution is 5.76. The third kappa shape index (κ3) is 4.53. The summed E-state index contributed by atoms with van der Waals surface area (Å²) in [5, 5.41) is 3.22. The molecule has 6 heteroatoms. The van der Waals surface area contributed by atoms with Gasteiger partial charge in [-0.3, -0.25) is 4.79 Å². The molecule has 1 N–H and O–H groups in total. The van der Waals surface area contributed by atoms with E-state index in [2.05, 4.69) is 5.32 Å². The van der Waals surface area contributed by atoms with Crippen molar-refractivity contribution < 1.29 is 19.0 Å². The third-order valence-corrected chi connectivity index (χ3v) is 3.38. The second-order valence-corrected chi connectivity index (χ2v) is 4.78. The molecule has 1 fully saturated rings. The number of ether oxygens (including phenoxy) is 3. The second-order valence-electron chi connectivity index (χ2n) is 4.78. The fourth-order valence-corrected chi connectivity index (χ4v) is 2.19. The Morgan fingerprint density at radius 2 is 1.67 bits per heavy atom. The molecule has 0 aromatic heterocycles. The number of piperazine rings is 1. The van der Waals surface area contributed by atoms with Crippen molar-refractivity contribution in [3.8, 4) is 17.2 Å². The lowest BCUT2D eigenvalue weighted by Crippen LogP contribution is -2.46. The summed E-state index contributed by atoms with van der Waals surface area (Å²) in [6.45, 7) is 3.61. The van der Waals surface area contributed by atoms with Crippen LogP contribution in [0.25, 0.3) is 0 Å². The summed E-state index contributed by atoms with van der Waals surface area (Å²) >= 11 is 0. The van der Waals surface area contributed by atoms with Crippen LogP contribution in [-0.4, -0.2) is 57.8 Å². The Balaban J connectivity index is 1.83. The lowest BCUT2D eigenvalue weighted by Gasteiger charge is -2.27. The lowest BCUT2D eigenvalue weighted by atomic mass is 10.3. The van der Waals surface area contributed by atoms with Crippen LogP contribution in [0.4, 0.5) is 0 Å². The molecule has 116 valence electrons. The van der Waals surface area contributed by atoms with Gasteiger partial charge in [-0.2, -0.15) is 0 Å². The van der Waals surface area contributed by atoms with Gasteiger partial charge in [-0.05, 0) is 0 Å². The van der Waals surface area contributed by atoms with Gasteiger partial charge in [-0.15, -0.1) is 0 Å². The van der Waals surface area contributed by atoms with Crippen LogP contribution in [0.3, 0.4) is 0 Å². The molecule has 0 aliphatic carbocycles. The number of nitrogens with zero attached hydrogens (tertiary/aromatic N) is 1. The van der Waals surface area contributed by atoms with Gasteiger partial charge in [0.15, 0.2) is 0 Å². The molecular formula is C15H22N2O4. The van der Waals surface area contributed by atoms with E-state index in [9.17, 15) is 4.79 Å². The molecule has 0 atom stereocenters. The van der Waals surface area contributed by atoms with E-state index in [0.29, 0.717) is 30.3 Å². The molecule has 1 heterocycles. The molecule has 1 aromatic carbocycles. The van der Waals surface area contributed by atoms with E-state index >= 15 is 0 Å². The van der Waals surface area contributed by atoms with Gasteiger partial charge >= 0.3 is 0 Å². The zero-order chi connectivity index (χ0) is 15.1. The predicted octanol–water partition coefficient (Wildman–Crippen LogP) is 0.904. The van der Waals surface area contributed by atoms with E-state index in [1.54, 1.807) is 32.4 Å². The predicted molar refractivity (Wildman–Crippen MR) is 79.1 cm³/mol. The molecular weight excluding hydrogens is 272 g/mol. The van der Waals surface area contributed by atoms with Crippen molar-refractivity contribution in [3.05, 3.63) is 18.2 Å². The molecule has 1 aliphatic rings. The molecule has 0 radical (unpaired) electrons. The van der Waals surface area contributed by atoms with Crippen molar-refractivity contribution in [2.24, 2.45) is 0 Å². The number of hydrogen-bond acceptors (Lipinski definition) is 5. The van der Waals surface area contributed by atoms with Gasteiger partial charge in [0.2, 0.25) is 5.91 Å². The normalized spacial score (nSPS) is 14.7. The van der Waals surface area contributed by atoms with E-state index in [-0.39, 0.29) is 5.91 Å². The highest BCUT2D eigenvalue weighted by atomic mass is 16.5. The largest absolute Gasteiger partial charge is 0.496 e. The van der Waals surface area contributed by atoms with Crippen molar-refractivity contribution >= 4 is 5.91 Å². The third-order valence-electron chi connectivity index (χ3n) is 3.38. The smallest absolute Gasteiger partial charge is 0.226 e. The number of methoxy groups -OCH3 is 2. The Morgan fingerprint density at radius 3 is 2.24 bits per heavy atom. The van der Waals surface area contributed by atoms with Crippen LogP contribution >= 0.6 is 0 Å². The van der Waals surface area contributed by atoms with E-state index in [0.717, 1.165) is 26.2 Å². The maximum absolute atomic E-state index is 12.0. The van der Waals surface area contributed by atoms with Gasteiger partial charge in [0.05, 0.1) is 27.2 Å². The van der Waals surface area contributed by atoms with Crippen molar-refractivity contribution in [2.45, 2.75) is 6.42 Å². The minimum Gasteiger partial charge on any atom is -0.496 e. The maximum atomic E-state index is 12.0. The average molecular weight is 294 g/mol. The van der Waals surface area contributed by atoms with Crippen LogP contribution in [0.2, 0.25) is 0 Å². The van der Waals surface area contributed by atoms with Gasteiger partial charge in [0.25, 0.3) is 0 Å². The van der Waals surface area contributed by atoms with Gasteiger partial charge < -0.3 is 24.4 Å². The first-order valence-corrected chi connectivity index (χ1v) is 7.07. The number of hydrogen-bond donors (Lipinski definition) is 1. The van der Waals surface area contributed by atoms with E-state index in [1.807, 2.05) is 4.90 Å². The fourth-order valence-electron chi connectivity index (χ4n) is 2.19. The summed E-state index contributed by atoms with van der Waals surface area (Å²) in [7, 11) is 3.18. The van der Waals surface area contributed by atoms with Crippen LogP contribution in [0, 0.1) is 0 Å². The van der Waals surface area contributed by atoms with Crippen LogP contribution in [0.15, 0.2) is 18.2 Å². The summed E-state index contributed by atoms with van der Waals surface area (Å²) in [6, 6.07) is 5.33. The first-order valence-electron chi connectivity index (χ1n) is 7.07. The van der Waals surface area contributed by atoms with Gasteiger partial charge in [0, 0.05) is 44.4 Å². The molecule has 1 aliphatic heterocycles. The maximum Gasteiger partial charge on any atom is 0.226 e. The standard InChI is InChI=1S/C15H22N2O4/c1-19-12-9-13(20-2)11-14(10-12)21-8-3-15(18)17-6-4-16-5-7-17/h9-11,16H,3-8H2,1-2H3. The molecule has 6 nitrogen and oxygen atoms in total. The van der Waals surface area contributed by atoms with E-state index in [4.69, 9.17) is 14.2 Å². The zero-order valence-electron chi connectivity index (χ0n) is 12.6. The molecule has 2 rings (SSSR count). The van der Waals surface area contributed by atoms with Gasteiger partial charge in [-0.25, -0.2) is 0 Å². The Morgan fingerprint density at radius 1 is 1.10 bits per heavy atom. The zero-order valence-corrected chi connectivity index (χ0v) is 12.6. The number of benzene rings is 1. The lowest BCUT2D eigenvalue weighted by molar-refractivity contribution is -0.132. The quantitative estimate of drug-likeness (QED) is 0.845. The van der Waals surface area contributed by atoms with Crippen LogP contribution < -0.4 is 19.5 Å². The Labute approximate surface area is 125 Å². The number of nitrogens with one attached hydrogen (secondary N) is 1. The van der Waals surface area contributed by atoms with E-state index < -0.39 is 0 Å². The van der Waals surface area contributed by atoms with Crippen molar-refractivity contribution in [2.75, 3.05) is 47.0 Å². The topological polar surface area (TPSA) is 60.0 Å². The van der Waals surface area contributed by atoms with E-state index in [1.165, 1.54) is 0 Å². The number of rotatable bonds is 6. The van der Waals surface area contributed by atoms with Crippen molar-refractivity contribution in [1.29, 1.82) is 0 Å². The monoisotopic (exact) mass is 294 g/mol. The molecule has 21 heavy (non-hydrogen) atoms. The molecule has 1 aromatic rings. The summed E-state index contributed by atoms with van der Waals surface area (Å²) in [5.41, 5.74) is 0. The summed E-state index contributed by atoms with van der Waals surface area (Å²) in [6.07, 6.45) is 0.375. The number of carbonyl (C=O) groups excluding carboxylic acids is 1. The summed E-state index contributed by atoms with van der Waals surface area (Å²) < 4.78 is 16.0. The first-order chi connectivity index (χ1) is 10.2. The molecule has 1 saturated heterocycles. The minimum atomic E-state index is 0.131. The molecule has 0 bridgehead atoms. The molecule has 0 saturated carbocycles. The fraction of sp³-hybridized carbons (Fsp3) is 0.533. The number of carbonyl (C=O) groups is 1. The number of amides is 1. The van der Waals surface area contributed by atoms with Crippen molar-refractivity contribution in [3.63, 3.8) is 0 Å². The Kier molecular flexibility index (Phi) is 5.68. The van der Waals surface area contributed by atoms with Gasteiger partial charge in [-0.1, -0.05) is 0 Å². The molecule has 0 unspecified atom stereocenters. The molecule has 1 amide bonds.